The maximum absolute atomic E-state index is 11.1. The molecule has 1 aromatic rings. The van der Waals surface area contributed by atoms with E-state index in [0.717, 1.165) is 12.1 Å². The molecule has 1 aliphatic heterocycles. The fourth-order valence-electron chi connectivity index (χ4n) is 2.15. The van der Waals surface area contributed by atoms with Gasteiger partial charge in [0.05, 0.1) is 0 Å². The third kappa shape index (κ3) is 3.70. The van der Waals surface area contributed by atoms with Crippen LogP contribution in [0.1, 0.15) is 0 Å². The SMILES string of the molecule is O=[N+]([O-])c1ccc([Se][C@@H]2O[C@H](CO)[C@@H](O)[C@H](O)[C@H]2O)c([N+](=O)[O-])c1. The van der Waals surface area contributed by atoms with E-state index in [2.05, 4.69) is 0 Å². The zero-order chi connectivity index (χ0) is 18.0. The van der Waals surface area contributed by atoms with Crippen molar-refractivity contribution in [1.82, 2.24) is 0 Å². The summed E-state index contributed by atoms with van der Waals surface area (Å²) in [6.07, 6.45) is -5.74. The molecule has 5 atom stereocenters. The van der Waals surface area contributed by atoms with Crippen LogP contribution in [0.3, 0.4) is 0 Å². The number of aliphatic hydroxyl groups excluding tert-OH is 4. The number of benzene rings is 1. The van der Waals surface area contributed by atoms with E-state index in [1.165, 1.54) is 6.07 Å². The molecule has 1 aliphatic rings. The van der Waals surface area contributed by atoms with E-state index in [-0.39, 0.29) is 4.46 Å². The Morgan fingerprint density at radius 1 is 1.08 bits per heavy atom. The predicted octanol–water partition coefficient (Wildman–Crippen LogP) is -2.37. The van der Waals surface area contributed by atoms with E-state index in [0.29, 0.717) is 0 Å². The third-order valence-corrected chi connectivity index (χ3v) is 6.00. The normalized spacial score (nSPS) is 30.1. The molecule has 0 amide bonds. The summed E-state index contributed by atoms with van der Waals surface area (Å²) in [4.78, 5) is 20.3. The van der Waals surface area contributed by atoms with Crippen LogP contribution in [0.25, 0.3) is 0 Å². The van der Waals surface area contributed by atoms with Crippen LogP contribution in [0.15, 0.2) is 18.2 Å². The molecule has 0 aliphatic carbocycles. The Balaban J connectivity index is 2.29. The summed E-state index contributed by atoms with van der Waals surface area (Å²) in [6.45, 7) is -0.611. The summed E-state index contributed by atoms with van der Waals surface area (Å²) < 4.78 is 5.42. The zero-order valence-electron chi connectivity index (χ0n) is 12.0. The molecule has 0 saturated carbocycles. The van der Waals surface area contributed by atoms with Crippen LogP contribution >= 0.6 is 0 Å². The number of hydrogen-bond acceptors (Lipinski definition) is 9. The molecule has 11 nitrogen and oxygen atoms in total. The van der Waals surface area contributed by atoms with Crippen molar-refractivity contribution >= 4 is 30.8 Å². The number of nitrogens with zero attached hydrogens (tertiary/aromatic N) is 2. The topological polar surface area (TPSA) is 176 Å². The first-order chi connectivity index (χ1) is 11.3. The summed E-state index contributed by atoms with van der Waals surface area (Å²) in [6, 6.07) is 3.09. The minimum absolute atomic E-state index is 0.113. The zero-order valence-corrected chi connectivity index (χ0v) is 13.7. The van der Waals surface area contributed by atoms with Crippen LogP contribution in [-0.4, -0.2) is 81.3 Å². The molecule has 1 heterocycles. The van der Waals surface area contributed by atoms with Crippen molar-refractivity contribution in [3.8, 4) is 0 Å². The van der Waals surface area contributed by atoms with Crippen molar-refractivity contribution < 1.29 is 35.0 Å². The Morgan fingerprint density at radius 2 is 1.75 bits per heavy atom. The molecule has 1 saturated heterocycles. The quantitative estimate of drug-likeness (QED) is 0.235. The second-order valence-electron chi connectivity index (χ2n) is 4.98. The van der Waals surface area contributed by atoms with E-state index in [4.69, 9.17) is 9.84 Å². The maximum atomic E-state index is 11.1. The molecule has 132 valence electrons. The summed E-state index contributed by atoms with van der Waals surface area (Å²) in [5.41, 5.74) is -0.948. The van der Waals surface area contributed by atoms with Crippen LogP contribution < -0.4 is 4.46 Å². The van der Waals surface area contributed by atoms with Gasteiger partial charge in [-0.2, -0.15) is 0 Å². The molecular formula is C12H14N2O9Se. The van der Waals surface area contributed by atoms with Gasteiger partial charge in [-0.3, -0.25) is 0 Å². The Kier molecular flexibility index (Phi) is 5.83. The van der Waals surface area contributed by atoms with Gasteiger partial charge in [0.2, 0.25) is 0 Å². The van der Waals surface area contributed by atoms with Crippen LogP contribution in [0.2, 0.25) is 0 Å². The number of hydrogen-bond donors (Lipinski definition) is 4. The van der Waals surface area contributed by atoms with Crippen LogP contribution in [-0.2, 0) is 4.74 Å². The van der Waals surface area contributed by atoms with Crippen molar-refractivity contribution in [3.63, 3.8) is 0 Å². The van der Waals surface area contributed by atoms with Gasteiger partial charge in [0.1, 0.15) is 0 Å². The number of non-ortho nitro benzene ring substituents is 1. The van der Waals surface area contributed by atoms with E-state index in [9.17, 15) is 35.5 Å². The van der Waals surface area contributed by atoms with Crippen LogP contribution in [0, 0.1) is 20.2 Å². The van der Waals surface area contributed by atoms with Gasteiger partial charge in [0.15, 0.2) is 0 Å². The third-order valence-electron chi connectivity index (χ3n) is 3.44. The van der Waals surface area contributed by atoms with Crippen molar-refractivity contribution in [2.45, 2.75) is 29.4 Å². The minimum atomic E-state index is -1.58. The van der Waals surface area contributed by atoms with E-state index in [1.54, 1.807) is 0 Å². The van der Waals surface area contributed by atoms with Crippen molar-refractivity contribution in [3.05, 3.63) is 38.4 Å². The Morgan fingerprint density at radius 3 is 2.29 bits per heavy atom. The van der Waals surface area contributed by atoms with Crippen molar-refractivity contribution in [1.29, 1.82) is 0 Å². The summed E-state index contributed by atoms with van der Waals surface area (Å²) >= 11 is -0.911. The number of rotatable bonds is 5. The van der Waals surface area contributed by atoms with E-state index < -0.39 is 72.2 Å². The second kappa shape index (κ2) is 7.49. The number of aliphatic hydroxyl groups is 4. The molecule has 0 spiro atoms. The Labute approximate surface area is 140 Å². The Bertz CT molecular complexity index is 641. The monoisotopic (exact) mass is 410 g/mol. The van der Waals surface area contributed by atoms with Crippen molar-refractivity contribution in [2.24, 2.45) is 0 Å². The molecule has 0 radical (unpaired) electrons. The molecule has 0 bridgehead atoms. The average molecular weight is 409 g/mol. The first kappa shape index (κ1) is 18.7. The van der Waals surface area contributed by atoms with Gasteiger partial charge < -0.3 is 0 Å². The first-order valence-corrected chi connectivity index (χ1v) is 8.50. The fraction of sp³-hybridized carbons (Fsp3) is 0.500. The van der Waals surface area contributed by atoms with Gasteiger partial charge in [0.25, 0.3) is 0 Å². The van der Waals surface area contributed by atoms with Gasteiger partial charge >= 0.3 is 140 Å². The summed E-state index contributed by atoms with van der Waals surface area (Å²) in [5, 5.41) is 59.3. The summed E-state index contributed by atoms with van der Waals surface area (Å²) in [5.74, 6) is 0. The first-order valence-electron chi connectivity index (χ1n) is 6.66. The van der Waals surface area contributed by atoms with Gasteiger partial charge in [0, 0.05) is 0 Å². The molecule has 2 rings (SSSR count). The van der Waals surface area contributed by atoms with Gasteiger partial charge in [-0.05, 0) is 0 Å². The van der Waals surface area contributed by atoms with E-state index in [1.807, 2.05) is 0 Å². The fourth-order valence-corrected chi connectivity index (χ4v) is 4.56. The number of nitro benzene ring substituents is 2. The van der Waals surface area contributed by atoms with Gasteiger partial charge in [-0.1, -0.05) is 0 Å². The molecule has 0 aromatic heterocycles. The van der Waals surface area contributed by atoms with Gasteiger partial charge in [-0.15, -0.1) is 0 Å². The molecule has 24 heavy (non-hydrogen) atoms. The molecule has 12 heteroatoms. The van der Waals surface area contributed by atoms with Crippen LogP contribution in [0.5, 0.6) is 0 Å². The number of ether oxygens (including phenoxy) is 1. The molecule has 0 unspecified atom stereocenters. The predicted molar refractivity (Wildman–Crippen MR) is 78.9 cm³/mol. The second-order valence-corrected chi connectivity index (χ2v) is 7.37. The molecule has 1 aromatic carbocycles. The van der Waals surface area contributed by atoms with E-state index >= 15 is 0 Å². The average Bonchev–Trinajstić information content (AvgIpc) is 2.55. The Hall–Kier alpha value is -1.66. The molecular weight excluding hydrogens is 395 g/mol. The number of nitro groups is 2. The van der Waals surface area contributed by atoms with Crippen LogP contribution in [0.4, 0.5) is 11.4 Å². The standard InChI is InChI=1S/C12H14N2O9Se/c15-4-7-9(16)10(17)11(18)12(23-7)24-8-2-1-5(13(19)20)3-6(8)14(21)22/h1-3,7,9-12,15-18H,4H2/t7-,9-,10+,11-,12+/m1/s1. The summed E-state index contributed by atoms with van der Waals surface area (Å²) in [7, 11) is 0. The molecule has 4 N–H and O–H groups in total. The molecule has 1 fully saturated rings. The van der Waals surface area contributed by atoms with Gasteiger partial charge in [-0.25, -0.2) is 0 Å². The van der Waals surface area contributed by atoms with Crippen molar-refractivity contribution in [2.75, 3.05) is 6.61 Å².